The van der Waals surface area contributed by atoms with Crippen LogP contribution in [-0.2, 0) is 33.0 Å². The molecule has 1 aliphatic heterocycles. The monoisotopic (exact) mass is 749 g/mol. The Morgan fingerprint density at radius 3 is 2.36 bits per heavy atom. The van der Waals surface area contributed by atoms with Gasteiger partial charge in [0.05, 0.1) is 46.5 Å². The number of fused-ring (bicyclic) bond motifs is 1. The molecule has 0 unspecified atom stereocenters. The second-order valence-electron chi connectivity index (χ2n) is 11.8. The summed E-state index contributed by atoms with van der Waals surface area (Å²) in [6.45, 7) is 1.50. The van der Waals surface area contributed by atoms with Crippen molar-refractivity contribution in [2.45, 2.75) is 17.4 Å². The van der Waals surface area contributed by atoms with E-state index in [-0.39, 0.29) is 39.6 Å². The van der Waals surface area contributed by atoms with Crippen LogP contribution < -0.4 is 21.3 Å². The summed E-state index contributed by atoms with van der Waals surface area (Å²) in [4.78, 5) is 72.9. The quantitative estimate of drug-likeness (QED) is 0.186. The van der Waals surface area contributed by atoms with Crippen LogP contribution in [-0.4, -0.2) is 87.7 Å². The number of pyridine rings is 2. The molecule has 16 nitrogen and oxygen atoms in total. The van der Waals surface area contributed by atoms with Gasteiger partial charge in [0, 0.05) is 50.6 Å². The van der Waals surface area contributed by atoms with Crippen LogP contribution in [0.15, 0.2) is 87.7 Å². The van der Waals surface area contributed by atoms with Gasteiger partial charge in [-0.15, -0.1) is 0 Å². The van der Waals surface area contributed by atoms with E-state index in [1.165, 1.54) is 60.5 Å². The highest BCUT2D eigenvalue weighted by Crippen LogP contribution is 2.24. The number of morpholine rings is 1. The second-order valence-corrected chi connectivity index (χ2v) is 13.5. The number of nitrogens with one attached hydrogen (secondary N) is 2. The maximum Gasteiger partial charge on any atom is 0.337 e. The number of hydrogen-bond acceptors (Lipinski definition) is 10. The van der Waals surface area contributed by atoms with Crippen LogP contribution in [0, 0.1) is 11.6 Å². The molecule has 1 saturated heterocycles. The van der Waals surface area contributed by atoms with E-state index in [1.807, 2.05) is 4.72 Å². The number of carbonyl (C=O) groups is 3. The van der Waals surface area contributed by atoms with Gasteiger partial charge in [-0.2, -0.15) is 0 Å². The molecule has 0 bridgehead atoms. The van der Waals surface area contributed by atoms with Crippen molar-refractivity contribution in [2.24, 2.45) is 7.05 Å². The molecule has 53 heavy (non-hydrogen) atoms. The number of aliphatic carboxylic acids is 1. The highest BCUT2D eigenvalue weighted by molar-refractivity contribution is 7.92. The molecule has 3 N–H and O–H groups in total. The topological polar surface area (TPSA) is 212 Å². The fourth-order valence-corrected chi connectivity index (χ4v) is 6.62. The van der Waals surface area contributed by atoms with Gasteiger partial charge in [-0.05, 0) is 48.0 Å². The first-order chi connectivity index (χ1) is 25.2. The first-order valence-corrected chi connectivity index (χ1v) is 17.3. The number of sulfonamides is 1. The number of rotatable bonds is 10. The Bertz CT molecular complexity index is 2480. The number of halogens is 2. The van der Waals surface area contributed by atoms with Crippen LogP contribution in [0.1, 0.15) is 26.3 Å². The Hall–Kier alpha value is -6.34. The first-order valence-electron chi connectivity index (χ1n) is 15.8. The van der Waals surface area contributed by atoms with E-state index in [1.54, 1.807) is 4.90 Å². The van der Waals surface area contributed by atoms with Crippen molar-refractivity contribution in [3.05, 3.63) is 122 Å². The van der Waals surface area contributed by atoms with E-state index < -0.39 is 62.1 Å². The van der Waals surface area contributed by atoms with Gasteiger partial charge >= 0.3 is 11.7 Å². The van der Waals surface area contributed by atoms with E-state index in [4.69, 9.17) is 4.74 Å². The smallest absolute Gasteiger partial charge is 0.337 e. The molecule has 0 spiro atoms. The van der Waals surface area contributed by atoms with E-state index in [0.29, 0.717) is 44.0 Å². The molecule has 1 atom stereocenters. The van der Waals surface area contributed by atoms with Gasteiger partial charge in [-0.3, -0.25) is 28.7 Å². The molecule has 1 fully saturated rings. The standard InChI is InChI=1S/C34H29F2N7O9S/c1-41-28-18-37-9-8-22(28)32(46)43(34(41)49)29-7-2-19(17-38-29)14-27(33(47)48)39-30(44)23-15-25(36)26(16-24(23)35)40-53(50,51)21-5-3-20(4-6-21)31(45)42-10-12-52-13-11-42/h2-9,15-18,27,40H,10-14H2,1H3,(H,39,44)(H,47,48)/t27-/m0/s1. The van der Waals surface area contributed by atoms with Crippen molar-refractivity contribution in [1.29, 1.82) is 0 Å². The Morgan fingerprint density at radius 2 is 1.70 bits per heavy atom. The number of carboxylic acids is 1. The van der Waals surface area contributed by atoms with Crippen molar-refractivity contribution in [1.82, 2.24) is 29.3 Å². The molecule has 2 aromatic carbocycles. The zero-order valence-electron chi connectivity index (χ0n) is 27.7. The molecule has 0 saturated carbocycles. The van der Waals surface area contributed by atoms with Crippen molar-refractivity contribution < 1.29 is 41.4 Å². The first kappa shape index (κ1) is 36.5. The number of hydrogen-bond donors (Lipinski definition) is 3. The summed E-state index contributed by atoms with van der Waals surface area (Å²) in [5.41, 5.74) is -2.32. The Morgan fingerprint density at radius 1 is 0.981 bits per heavy atom. The summed E-state index contributed by atoms with van der Waals surface area (Å²) in [5, 5.41) is 12.1. The average molecular weight is 750 g/mol. The third-order valence-electron chi connectivity index (χ3n) is 8.41. The highest BCUT2D eigenvalue weighted by Gasteiger charge is 2.26. The third-order valence-corrected chi connectivity index (χ3v) is 9.79. The minimum Gasteiger partial charge on any atom is -0.480 e. The number of aromatic nitrogens is 4. The van der Waals surface area contributed by atoms with Crippen molar-refractivity contribution in [2.75, 3.05) is 31.0 Å². The summed E-state index contributed by atoms with van der Waals surface area (Å²) in [5.74, 6) is -5.92. The Balaban J connectivity index is 1.14. The number of amides is 2. The van der Waals surface area contributed by atoms with Gasteiger partial charge < -0.3 is 20.1 Å². The molecule has 6 rings (SSSR count). The molecular formula is C34H29F2N7O9S. The molecule has 0 aliphatic carbocycles. The van der Waals surface area contributed by atoms with Gasteiger partial charge in [0.2, 0.25) is 0 Å². The fraction of sp³-hybridized carbons (Fsp3) is 0.206. The lowest BCUT2D eigenvalue weighted by Gasteiger charge is -2.26. The number of carbonyl (C=O) groups excluding carboxylic acids is 2. The Kier molecular flexibility index (Phi) is 10.1. The molecule has 4 heterocycles. The molecular weight excluding hydrogens is 720 g/mol. The number of nitrogens with zero attached hydrogens (tertiary/aromatic N) is 5. The third kappa shape index (κ3) is 7.51. The summed E-state index contributed by atoms with van der Waals surface area (Å²) in [7, 11) is -3.03. The number of aryl methyl sites for hydroxylation is 1. The molecule has 274 valence electrons. The lowest BCUT2D eigenvalue weighted by atomic mass is 10.1. The SMILES string of the molecule is Cn1c(=O)n(-c2ccc(C[C@H](NC(=O)c3cc(F)c(NS(=O)(=O)c4ccc(C(=O)N5CCOCC5)cc4)cc3F)C(=O)O)cn2)c(=O)c2ccncc21. The lowest BCUT2D eigenvalue weighted by molar-refractivity contribution is -0.139. The van der Waals surface area contributed by atoms with E-state index in [2.05, 4.69) is 15.3 Å². The summed E-state index contributed by atoms with van der Waals surface area (Å²) in [6.07, 6.45) is 3.57. The average Bonchev–Trinajstić information content (AvgIpc) is 3.15. The van der Waals surface area contributed by atoms with Gasteiger partial charge in [0.25, 0.3) is 27.4 Å². The van der Waals surface area contributed by atoms with Crippen molar-refractivity contribution in [3.8, 4) is 5.82 Å². The predicted octanol–water partition coefficient (Wildman–Crippen LogP) is 1.46. The van der Waals surface area contributed by atoms with Gasteiger partial charge in [-0.25, -0.2) is 36.3 Å². The molecule has 3 aromatic heterocycles. The molecule has 5 aromatic rings. The summed E-state index contributed by atoms with van der Waals surface area (Å²) >= 11 is 0. The predicted molar refractivity (Wildman–Crippen MR) is 183 cm³/mol. The van der Waals surface area contributed by atoms with Crippen LogP contribution >= 0.6 is 0 Å². The number of benzene rings is 2. The molecule has 1 aliphatic rings. The number of anilines is 1. The van der Waals surface area contributed by atoms with Crippen molar-refractivity contribution >= 4 is 44.4 Å². The van der Waals surface area contributed by atoms with Gasteiger partial charge in [-0.1, -0.05) is 6.07 Å². The van der Waals surface area contributed by atoms with Crippen LogP contribution in [0.2, 0.25) is 0 Å². The maximum absolute atomic E-state index is 15.1. The van der Waals surface area contributed by atoms with Crippen LogP contribution in [0.3, 0.4) is 0 Å². The maximum atomic E-state index is 15.1. The fourth-order valence-electron chi connectivity index (χ4n) is 5.57. The van der Waals surface area contributed by atoms with E-state index >= 15 is 8.78 Å². The minimum absolute atomic E-state index is 0.0573. The van der Waals surface area contributed by atoms with Crippen LogP contribution in [0.25, 0.3) is 16.7 Å². The minimum atomic E-state index is -4.48. The largest absolute Gasteiger partial charge is 0.480 e. The van der Waals surface area contributed by atoms with Gasteiger partial charge in [0.1, 0.15) is 23.5 Å². The molecule has 2 amide bonds. The molecule has 19 heteroatoms. The zero-order valence-corrected chi connectivity index (χ0v) is 28.5. The van der Waals surface area contributed by atoms with E-state index in [0.717, 1.165) is 16.7 Å². The second kappa shape index (κ2) is 14.7. The van der Waals surface area contributed by atoms with Gasteiger partial charge in [0.15, 0.2) is 0 Å². The van der Waals surface area contributed by atoms with Crippen molar-refractivity contribution in [3.63, 3.8) is 0 Å². The summed E-state index contributed by atoms with van der Waals surface area (Å²) in [6, 6.07) is 8.14. The highest BCUT2D eigenvalue weighted by atomic mass is 32.2. The normalized spacial score (nSPS) is 13.8. The summed E-state index contributed by atoms with van der Waals surface area (Å²) < 4.78 is 65.3. The number of ether oxygens (including phenoxy) is 1. The van der Waals surface area contributed by atoms with Crippen LogP contribution in [0.5, 0.6) is 0 Å². The molecule has 0 radical (unpaired) electrons. The van der Waals surface area contributed by atoms with Crippen LogP contribution in [0.4, 0.5) is 14.5 Å². The Labute approximate surface area is 298 Å². The number of carboxylic acid groups (broad SMARTS) is 1. The lowest BCUT2D eigenvalue weighted by Crippen LogP contribution is -2.42. The zero-order chi connectivity index (χ0) is 38.0. The van der Waals surface area contributed by atoms with E-state index in [9.17, 15) is 37.5 Å².